The average molecular weight is 412 g/mol. The third-order valence-electron chi connectivity index (χ3n) is 5.46. The van der Waals surface area contributed by atoms with Crippen molar-refractivity contribution in [3.63, 3.8) is 0 Å². The Bertz CT molecular complexity index is 839. The Hall–Kier alpha value is -2.77. The molecule has 0 radical (unpaired) electrons. The highest BCUT2D eigenvalue weighted by Crippen LogP contribution is 2.33. The third-order valence-corrected chi connectivity index (χ3v) is 5.46. The van der Waals surface area contributed by atoms with Gasteiger partial charge in [-0.1, -0.05) is 36.4 Å². The van der Waals surface area contributed by atoms with Crippen LogP contribution in [0.2, 0.25) is 0 Å². The first-order chi connectivity index (χ1) is 14.7. The van der Waals surface area contributed by atoms with Crippen molar-refractivity contribution in [3.8, 4) is 11.5 Å². The molecule has 2 aliphatic heterocycles. The van der Waals surface area contributed by atoms with Crippen molar-refractivity contribution in [1.82, 2.24) is 10.2 Å². The topological polar surface area (TPSA) is 80.3 Å². The molecule has 1 fully saturated rings. The summed E-state index contributed by atoms with van der Waals surface area (Å²) in [5.41, 5.74) is 1.59. The summed E-state index contributed by atoms with van der Waals surface area (Å²) < 4.78 is 16.6. The molecule has 0 aliphatic carbocycles. The van der Waals surface area contributed by atoms with Crippen LogP contribution in [0.25, 0.3) is 0 Å². The van der Waals surface area contributed by atoms with Gasteiger partial charge in [-0.25, -0.2) is 4.79 Å². The molecule has 30 heavy (non-hydrogen) atoms. The van der Waals surface area contributed by atoms with Gasteiger partial charge in [-0.15, -0.1) is 0 Å². The van der Waals surface area contributed by atoms with E-state index in [9.17, 15) is 9.90 Å². The minimum Gasteiger partial charge on any atom is -0.486 e. The fourth-order valence-corrected chi connectivity index (χ4v) is 3.86. The molecule has 0 saturated carbocycles. The maximum Gasteiger partial charge on any atom is 0.407 e. The Morgan fingerprint density at radius 1 is 1.07 bits per heavy atom. The molecule has 1 amide bonds. The fourth-order valence-electron chi connectivity index (χ4n) is 3.86. The van der Waals surface area contributed by atoms with Gasteiger partial charge >= 0.3 is 6.09 Å². The summed E-state index contributed by atoms with van der Waals surface area (Å²) in [6.07, 6.45) is 0.821. The Morgan fingerprint density at radius 3 is 2.57 bits per heavy atom. The quantitative estimate of drug-likeness (QED) is 0.728. The van der Waals surface area contributed by atoms with Gasteiger partial charge in [0.15, 0.2) is 11.5 Å². The van der Waals surface area contributed by atoms with Crippen LogP contribution >= 0.6 is 0 Å². The van der Waals surface area contributed by atoms with E-state index in [4.69, 9.17) is 14.2 Å². The van der Waals surface area contributed by atoms with Crippen LogP contribution in [-0.4, -0.2) is 55.0 Å². The molecule has 2 aliphatic rings. The minimum atomic E-state index is -0.897. The monoisotopic (exact) mass is 412 g/mol. The van der Waals surface area contributed by atoms with Crippen LogP contribution in [0.5, 0.6) is 11.5 Å². The number of carbonyl (C=O) groups is 1. The molecule has 4 rings (SSSR count). The molecule has 0 unspecified atom stereocenters. The van der Waals surface area contributed by atoms with E-state index in [1.165, 1.54) is 0 Å². The number of nitrogens with zero attached hydrogens (tertiary/aromatic N) is 1. The first-order valence-corrected chi connectivity index (χ1v) is 10.5. The summed E-state index contributed by atoms with van der Waals surface area (Å²) in [5, 5.41) is 14.0. The number of ether oxygens (including phenoxy) is 3. The van der Waals surface area contributed by atoms with Crippen LogP contribution in [0, 0.1) is 0 Å². The Morgan fingerprint density at radius 2 is 1.80 bits per heavy atom. The van der Waals surface area contributed by atoms with Crippen molar-refractivity contribution >= 4 is 6.09 Å². The van der Waals surface area contributed by atoms with Gasteiger partial charge in [0, 0.05) is 6.54 Å². The highest BCUT2D eigenvalue weighted by Gasteiger charge is 2.28. The Labute approximate surface area is 176 Å². The number of rotatable bonds is 7. The lowest BCUT2D eigenvalue weighted by atomic mass is 10.0. The lowest BCUT2D eigenvalue weighted by Crippen LogP contribution is -2.46. The highest BCUT2D eigenvalue weighted by atomic mass is 16.6. The molecule has 160 valence electrons. The molecule has 0 spiro atoms. The lowest BCUT2D eigenvalue weighted by Gasteiger charge is -2.29. The van der Waals surface area contributed by atoms with Crippen LogP contribution in [0.15, 0.2) is 48.5 Å². The van der Waals surface area contributed by atoms with E-state index in [-0.39, 0.29) is 6.61 Å². The number of alkyl carbamates (subject to hydrolysis) is 1. The maximum absolute atomic E-state index is 12.5. The van der Waals surface area contributed by atoms with Crippen LogP contribution in [-0.2, 0) is 11.3 Å². The predicted octanol–water partition coefficient (Wildman–Crippen LogP) is 2.88. The molecule has 2 heterocycles. The SMILES string of the molecule is O=C(N[C@H](CN1CCCC1)[C@H](O)c1ccc2c(c1)OCCO2)OCc1ccccc1. The van der Waals surface area contributed by atoms with E-state index in [2.05, 4.69) is 10.2 Å². The summed E-state index contributed by atoms with van der Waals surface area (Å²) >= 11 is 0. The number of aliphatic hydroxyl groups excluding tert-OH is 1. The lowest BCUT2D eigenvalue weighted by molar-refractivity contribution is 0.0877. The summed E-state index contributed by atoms with van der Waals surface area (Å²) in [4.78, 5) is 14.7. The van der Waals surface area contributed by atoms with Crippen molar-refractivity contribution in [2.45, 2.75) is 31.6 Å². The number of amides is 1. The van der Waals surface area contributed by atoms with Crippen molar-refractivity contribution in [2.24, 2.45) is 0 Å². The molecule has 2 aromatic rings. The smallest absolute Gasteiger partial charge is 0.407 e. The zero-order chi connectivity index (χ0) is 20.8. The standard InChI is InChI=1S/C23H28N2O5/c26-22(18-8-9-20-21(14-18)29-13-12-28-20)19(15-25-10-4-5-11-25)24-23(27)30-16-17-6-2-1-3-7-17/h1-3,6-9,14,19,22,26H,4-5,10-13,15-16H2,(H,24,27)/t19-,22-/m1/s1. The number of nitrogens with one attached hydrogen (secondary N) is 1. The molecule has 7 nitrogen and oxygen atoms in total. The molecule has 1 saturated heterocycles. The van der Waals surface area contributed by atoms with E-state index in [0.717, 1.165) is 31.5 Å². The normalized spacial score (nSPS) is 17.9. The minimum absolute atomic E-state index is 0.184. The molecule has 2 atom stereocenters. The molecular weight excluding hydrogens is 384 g/mol. The number of carbonyl (C=O) groups excluding carboxylic acids is 1. The van der Waals surface area contributed by atoms with Crippen molar-refractivity contribution in [2.75, 3.05) is 32.8 Å². The van der Waals surface area contributed by atoms with Gasteiger partial charge in [0.25, 0.3) is 0 Å². The van der Waals surface area contributed by atoms with E-state index in [1.54, 1.807) is 12.1 Å². The van der Waals surface area contributed by atoms with Gasteiger partial charge in [-0.05, 0) is 49.2 Å². The van der Waals surface area contributed by atoms with Crippen LogP contribution in [0.3, 0.4) is 0 Å². The Balaban J connectivity index is 1.43. The largest absolute Gasteiger partial charge is 0.486 e. The second-order valence-corrected chi connectivity index (χ2v) is 7.67. The number of hydrogen-bond donors (Lipinski definition) is 2. The van der Waals surface area contributed by atoms with E-state index in [1.807, 2.05) is 36.4 Å². The Kier molecular flexibility index (Phi) is 6.71. The molecular formula is C23H28N2O5. The first-order valence-electron chi connectivity index (χ1n) is 10.5. The number of likely N-dealkylation sites (tertiary alicyclic amines) is 1. The van der Waals surface area contributed by atoms with E-state index in [0.29, 0.717) is 36.8 Å². The molecule has 0 aromatic heterocycles. The molecule has 2 N–H and O–H groups in total. The van der Waals surface area contributed by atoms with Crippen molar-refractivity contribution < 1.29 is 24.1 Å². The predicted molar refractivity (Wildman–Crippen MR) is 112 cm³/mol. The van der Waals surface area contributed by atoms with Gasteiger partial charge in [-0.3, -0.25) is 0 Å². The molecule has 7 heteroatoms. The summed E-state index contributed by atoms with van der Waals surface area (Å²) in [6, 6.07) is 14.4. The van der Waals surface area contributed by atoms with E-state index < -0.39 is 18.2 Å². The van der Waals surface area contributed by atoms with Gasteiger partial charge in [-0.2, -0.15) is 0 Å². The second-order valence-electron chi connectivity index (χ2n) is 7.67. The van der Waals surface area contributed by atoms with E-state index >= 15 is 0 Å². The molecule has 0 bridgehead atoms. The van der Waals surface area contributed by atoms with Gasteiger partial charge in [0.1, 0.15) is 25.9 Å². The number of aliphatic hydroxyl groups is 1. The first kappa shape index (κ1) is 20.5. The zero-order valence-corrected chi connectivity index (χ0v) is 17.0. The summed E-state index contributed by atoms with van der Waals surface area (Å²) in [7, 11) is 0. The maximum atomic E-state index is 12.5. The summed E-state index contributed by atoms with van der Waals surface area (Å²) in [6.45, 7) is 3.66. The number of hydrogen-bond acceptors (Lipinski definition) is 6. The number of benzene rings is 2. The third kappa shape index (κ3) is 5.23. The average Bonchev–Trinajstić information content (AvgIpc) is 3.30. The number of fused-ring (bicyclic) bond motifs is 1. The van der Waals surface area contributed by atoms with Crippen LogP contribution in [0.1, 0.15) is 30.1 Å². The van der Waals surface area contributed by atoms with Gasteiger partial charge < -0.3 is 29.5 Å². The van der Waals surface area contributed by atoms with Crippen molar-refractivity contribution in [3.05, 3.63) is 59.7 Å². The summed E-state index contributed by atoms with van der Waals surface area (Å²) in [5.74, 6) is 1.29. The molecule has 2 aromatic carbocycles. The van der Waals surface area contributed by atoms with Crippen LogP contribution < -0.4 is 14.8 Å². The van der Waals surface area contributed by atoms with Gasteiger partial charge in [0.2, 0.25) is 0 Å². The highest BCUT2D eigenvalue weighted by molar-refractivity contribution is 5.67. The fraction of sp³-hybridized carbons (Fsp3) is 0.435. The zero-order valence-electron chi connectivity index (χ0n) is 17.0. The van der Waals surface area contributed by atoms with Gasteiger partial charge in [0.05, 0.1) is 6.04 Å². The second kappa shape index (κ2) is 9.82. The van der Waals surface area contributed by atoms with Crippen molar-refractivity contribution in [1.29, 1.82) is 0 Å². The van der Waals surface area contributed by atoms with Crippen LogP contribution in [0.4, 0.5) is 4.79 Å².